The van der Waals surface area contributed by atoms with Gasteiger partial charge in [-0.15, -0.1) is 53.6 Å². The molecule has 0 radical (unpaired) electrons. The summed E-state index contributed by atoms with van der Waals surface area (Å²) in [7, 11) is 0. The minimum Gasteiger partial charge on any atom is -0.509 e. The average Bonchev–Trinajstić information content (AvgIpc) is 3.71. The van der Waals surface area contributed by atoms with Gasteiger partial charge in [-0.05, 0) is 109 Å². The fourth-order valence-electron chi connectivity index (χ4n) is 7.81. The molecular formula is C48H38FN4OPt-3. The molecule has 9 rings (SSSR count). The fourth-order valence-corrected chi connectivity index (χ4v) is 7.81. The normalized spacial score (nSPS) is 12.4. The van der Waals surface area contributed by atoms with Gasteiger partial charge in [0.25, 0.3) is 0 Å². The Labute approximate surface area is 335 Å². The van der Waals surface area contributed by atoms with E-state index in [4.69, 9.17) is 9.72 Å². The first-order chi connectivity index (χ1) is 26.2. The number of para-hydroxylation sites is 3. The monoisotopic (exact) mass is 900 g/mol. The van der Waals surface area contributed by atoms with Crippen LogP contribution in [0.4, 0.5) is 27.1 Å². The zero-order chi connectivity index (χ0) is 37.1. The first kappa shape index (κ1) is 36.3. The Kier molecular flexibility index (Phi) is 9.56. The second-order valence-electron chi connectivity index (χ2n) is 14.4. The van der Waals surface area contributed by atoms with E-state index in [1.54, 1.807) is 12.1 Å². The molecule has 0 unspecified atom stereocenters. The molecule has 5 nitrogen and oxygen atoms in total. The Morgan fingerprint density at radius 2 is 1.42 bits per heavy atom. The van der Waals surface area contributed by atoms with Crippen LogP contribution in [-0.2, 0) is 21.1 Å². The summed E-state index contributed by atoms with van der Waals surface area (Å²) in [5.74, 6) is 2.07. The molecule has 3 heterocycles. The zero-order valence-corrected chi connectivity index (χ0v) is 33.4. The molecule has 8 aromatic rings. The second-order valence-corrected chi connectivity index (χ2v) is 14.4. The van der Waals surface area contributed by atoms with Crippen molar-refractivity contribution in [3.63, 3.8) is 0 Å². The zero-order valence-electron chi connectivity index (χ0n) is 31.2. The Hall–Kier alpha value is -5.71. The van der Waals surface area contributed by atoms with Crippen LogP contribution in [0.15, 0.2) is 128 Å². The number of anilines is 4. The van der Waals surface area contributed by atoms with Crippen LogP contribution >= 0.6 is 0 Å². The van der Waals surface area contributed by atoms with Gasteiger partial charge in [-0.25, -0.2) is 9.37 Å². The van der Waals surface area contributed by atoms with Crippen molar-refractivity contribution in [1.82, 2.24) is 9.55 Å². The summed E-state index contributed by atoms with van der Waals surface area (Å²) < 4.78 is 22.9. The summed E-state index contributed by atoms with van der Waals surface area (Å²) in [6.45, 7) is 12.9. The molecule has 1 aliphatic rings. The third kappa shape index (κ3) is 6.59. The van der Waals surface area contributed by atoms with Gasteiger partial charge in [0.1, 0.15) is 11.6 Å². The van der Waals surface area contributed by atoms with E-state index in [2.05, 4.69) is 140 Å². The standard InChI is InChI=1S/C48H38FN4O.Pt/c1-30(2)34-20-21-50-47(26-34)53-43-11-7-6-10-41(43)42-19-18-39(28-46(42)53)54-40-25-35(48-32(4)22-31(3)23-33(48)5)24-38(27-40)52-29-51(37-16-14-36(49)15-17-37)44-12-8-9-13-45(44)52;/h6-26,29-30H,1-5H3;/q-3;. The predicted octanol–water partition coefficient (Wildman–Crippen LogP) is 12.8. The van der Waals surface area contributed by atoms with Gasteiger partial charge in [-0.2, -0.15) is 6.07 Å². The van der Waals surface area contributed by atoms with E-state index in [-0.39, 0.29) is 26.9 Å². The Balaban J connectivity index is 0.00000427. The molecule has 0 saturated heterocycles. The SMILES string of the molecule is Cc1cc(C)c(-c2cc(Oc3[c-]c4c(cc3)c3ccccc3n4-c3cc(C(C)C)ccn3)[c-]c(N3[CH-]N(c4ccc(F)cc4)c4ccccc43)c2)c(C)c1.[Pt]. The number of hydrogen-bond acceptors (Lipinski definition) is 4. The Bertz CT molecular complexity index is 2700. The molecule has 0 atom stereocenters. The number of fused-ring (bicyclic) bond motifs is 4. The number of aromatic nitrogens is 2. The van der Waals surface area contributed by atoms with Crippen molar-refractivity contribution in [3.8, 4) is 28.4 Å². The summed E-state index contributed by atoms with van der Waals surface area (Å²) >= 11 is 0. The number of aryl methyl sites for hydroxylation is 3. The predicted molar refractivity (Wildman–Crippen MR) is 218 cm³/mol. The summed E-state index contributed by atoms with van der Waals surface area (Å²) in [5, 5.41) is 2.20. The van der Waals surface area contributed by atoms with Crippen LogP contribution in [0.1, 0.15) is 42.0 Å². The van der Waals surface area contributed by atoms with Crippen molar-refractivity contribution in [2.75, 3.05) is 9.80 Å². The molecule has 0 saturated carbocycles. The molecular weight excluding hydrogens is 863 g/mol. The molecule has 0 spiro atoms. The van der Waals surface area contributed by atoms with Crippen LogP contribution in [0.5, 0.6) is 11.5 Å². The molecule has 1 aliphatic heterocycles. The fraction of sp³-hybridized carbons (Fsp3) is 0.125. The maximum absolute atomic E-state index is 14.0. The number of halogens is 1. The Morgan fingerprint density at radius 1 is 0.709 bits per heavy atom. The second kappa shape index (κ2) is 14.5. The van der Waals surface area contributed by atoms with Gasteiger partial charge in [0, 0.05) is 61.3 Å². The average molecular weight is 901 g/mol. The van der Waals surface area contributed by atoms with Gasteiger partial charge < -0.3 is 19.1 Å². The molecule has 6 aromatic carbocycles. The topological polar surface area (TPSA) is 33.5 Å². The first-order valence-electron chi connectivity index (χ1n) is 18.2. The summed E-state index contributed by atoms with van der Waals surface area (Å²) in [4.78, 5) is 9.00. The van der Waals surface area contributed by atoms with Gasteiger partial charge in [0.15, 0.2) is 0 Å². The van der Waals surface area contributed by atoms with Crippen LogP contribution in [-0.4, -0.2) is 9.55 Å². The number of rotatable bonds is 7. The van der Waals surface area contributed by atoms with Crippen molar-refractivity contribution in [2.45, 2.75) is 40.5 Å². The van der Waals surface area contributed by atoms with Crippen LogP contribution in [0.25, 0.3) is 38.8 Å². The van der Waals surface area contributed by atoms with E-state index in [9.17, 15) is 4.39 Å². The molecule has 0 N–H and O–H groups in total. The first-order valence-corrected chi connectivity index (χ1v) is 18.2. The molecule has 55 heavy (non-hydrogen) atoms. The van der Waals surface area contributed by atoms with Crippen molar-refractivity contribution in [2.24, 2.45) is 0 Å². The molecule has 0 amide bonds. The minimum absolute atomic E-state index is 0. The van der Waals surface area contributed by atoms with Crippen LogP contribution < -0.4 is 14.5 Å². The minimum atomic E-state index is -0.273. The molecule has 0 bridgehead atoms. The van der Waals surface area contributed by atoms with Crippen LogP contribution in [0, 0.1) is 45.4 Å². The van der Waals surface area contributed by atoms with Gasteiger partial charge in [0.05, 0.1) is 0 Å². The number of hydrogen-bond donors (Lipinski definition) is 0. The maximum atomic E-state index is 14.0. The van der Waals surface area contributed by atoms with Crippen molar-refractivity contribution in [3.05, 3.63) is 174 Å². The molecule has 0 aliphatic carbocycles. The largest absolute Gasteiger partial charge is 0.509 e. The quantitative estimate of drug-likeness (QED) is 0.149. The van der Waals surface area contributed by atoms with Gasteiger partial charge in [-0.3, -0.25) is 0 Å². The van der Waals surface area contributed by atoms with Crippen LogP contribution in [0.3, 0.4) is 0 Å². The molecule has 7 heteroatoms. The van der Waals surface area contributed by atoms with E-state index < -0.39 is 0 Å². The number of pyridine rings is 1. The van der Waals surface area contributed by atoms with Crippen molar-refractivity contribution < 1.29 is 30.2 Å². The summed E-state index contributed by atoms with van der Waals surface area (Å²) in [6, 6.07) is 47.4. The molecule has 2 aromatic heterocycles. The van der Waals surface area contributed by atoms with E-state index >= 15 is 0 Å². The van der Waals surface area contributed by atoms with Gasteiger partial charge in [-0.1, -0.05) is 67.4 Å². The molecule has 276 valence electrons. The summed E-state index contributed by atoms with van der Waals surface area (Å²) in [5.41, 5.74) is 12.6. The summed E-state index contributed by atoms with van der Waals surface area (Å²) in [6.07, 6.45) is 1.88. The van der Waals surface area contributed by atoms with Crippen molar-refractivity contribution in [1.29, 1.82) is 0 Å². The van der Waals surface area contributed by atoms with E-state index in [0.29, 0.717) is 17.4 Å². The maximum Gasteiger partial charge on any atom is 0.135 e. The number of benzene rings is 6. The smallest absolute Gasteiger partial charge is 0.135 e. The molecule has 0 fully saturated rings. The third-order valence-electron chi connectivity index (χ3n) is 10.2. The van der Waals surface area contributed by atoms with Crippen molar-refractivity contribution >= 4 is 44.6 Å². The van der Waals surface area contributed by atoms with E-state index in [1.807, 2.05) is 31.1 Å². The van der Waals surface area contributed by atoms with Gasteiger partial charge >= 0.3 is 0 Å². The van der Waals surface area contributed by atoms with E-state index in [1.165, 1.54) is 34.4 Å². The Morgan fingerprint density at radius 3 is 2.16 bits per heavy atom. The third-order valence-corrected chi connectivity index (χ3v) is 10.2. The number of ether oxygens (including phenoxy) is 1. The van der Waals surface area contributed by atoms with Gasteiger partial charge in [0.2, 0.25) is 0 Å². The van der Waals surface area contributed by atoms with Crippen LogP contribution in [0.2, 0.25) is 0 Å². The van der Waals surface area contributed by atoms with E-state index in [0.717, 1.165) is 61.5 Å². The number of nitrogens with zero attached hydrogens (tertiary/aromatic N) is 4.